The molecule has 0 radical (unpaired) electrons. The van der Waals surface area contributed by atoms with Crippen LogP contribution in [0.2, 0.25) is 0 Å². The minimum atomic E-state index is -0.650. The van der Waals surface area contributed by atoms with Crippen molar-refractivity contribution in [2.75, 3.05) is 6.61 Å². The molecule has 1 aliphatic heterocycles. The van der Waals surface area contributed by atoms with Crippen molar-refractivity contribution in [1.82, 2.24) is 10.1 Å². The predicted octanol–water partition coefficient (Wildman–Crippen LogP) is 3.82. The van der Waals surface area contributed by atoms with Crippen LogP contribution in [0, 0.1) is 0 Å². The monoisotopic (exact) mass is 308 g/mol. The molecular formula is C17H28N2O3. The number of benzene rings is 1. The van der Waals surface area contributed by atoms with Crippen LogP contribution in [-0.4, -0.2) is 38.2 Å². The lowest BCUT2D eigenvalue weighted by atomic mass is 9.84. The molecule has 2 N–H and O–H groups in total. The zero-order valence-corrected chi connectivity index (χ0v) is 14.2. The maximum absolute atomic E-state index is 10.6. The van der Waals surface area contributed by atoms with Gasteiger partial charge in [-0.05, 0) is 40.2 Å². The number of hydroxylamine groups is 4. The van der Waals surface area contributed by atoms with Crippen LogP contribution in [0.1, 0.15) is 59.2 Å². The van der Waals surface area contributed by atoms with Gasteiger partial charge in [-0.25, -0.2) is 0 Å². The van der Waals surface area contributed by atoms with E-state index in [4.69, 9.17) is 4.74 Å². The molecule has 5 heteroatoms. The minimum absolute atomic E-state index is 0.608. The second kappa shape index (κ2) is 6.16. The normalized spacial score (nSPS) is 22.1. The Balaban J connectivity index is 2.36. The number of nitrogens with zero attached hydrogens (tertiary/aromatic N) is 2. The molecule has 0 spiro atoms. The Kier molecular flexibility index (Phi) is 4.82. The first-order chi connectivity index (χ1) is 10.2. The largest absolute Gasteiger partial charge is 0.493 e. The van der Waals surface area contributed by atoms with Gasteiger partial charge in [-0.3, -0.25) is 0 Å². The van der Waals surface area contributed by atoms with E-state index in [1.807, 2.05) is 52.0 Å². The molecule has 22 heavy (non-hydrogen) atoms. The van der Waals surface area contributed by atoms with Gasteiger partial charge in [-0.15, -0.1) is 0 Å². The summed E-state index contributed by atoms with van der Waals surface area (Å²) >= 11 is 0. The second-order valence-electron chi connectivity index (χ2n) is 6.92. The Morgan fingerprint density at radius 1 is 1.05 bits per heavy atom. The highest BCUT2D eigenvalue weighted by atomic mass is 16.6. The lowest BCUT2D eigenvalue weighted by molar-refractivity contribution is -0.223. The van der Waals surface area contributed by atoms with Crippen LogP contribution in [0.25, 0.3) is 0 Å². The Labute approximate surface area is 133 Å². The van der Waals surface area contributed by atoms with Crippen LogP contribution < -0.4 is 4.74 Å². The summed E-state index contributed by atoms with van der Waals surface area (Å²) in [6, 6.07) is 7.56. The standard InChI is InChI=1S/C17H28N2O3/c1-6-7-12-22-14-11-9-8-10-13(14)15-18(20)16(2,3)17(4,5)19(15)21/h8-11,15,20-21H,6-7,12H2,1-5H3. The molecule has 1 heterocycles. The van der Waals surface area contributed by atoms with Gasteiger partial charge in [-0.2, -0.15) is 10.1 Å². The Morgan fingerprint density at radius 2 is 1.59 bits per heavy atom. The molecule has 1 aromatic carbocycles. The summed E-state index contributed by atoms with van der Waals surface area (Å²) in [6.45, 7) is 10.4. The maximum atomic E-state index is 10.6. The summed E-state index contributed by atoms with van der Waals surface area (Å²) < 4.78 is 5.85. The van der Waals surface area contributed by atoms with E-state index in [0.29, 0.717) is 12.4 Å². The summed E-state index contributed by atoms with van der Waals surface area (Å²) in [5.41, 5.74) is -0.450. The van der Waals surface area contributed by atoms with Crippen LogP contribution in [0.15, 0.2) is 24.3 Å². The van der Waals surface area contributed by atoms with Crippen molar-refractivity contribution >= 4 is 0 Å². The number of unbranched alkanes of at least 4 members (excludes halogenated alkanes) is 1. The van der Waals surface area contributed by atoms with E-state index >= 15 is 0 Å². The Hall–Kier alpha value is -1.14. The Morgan fingerprint density at radius 3 is 2.14 bits per heavy atom. The zero-order valence-electron chi connectivity index (χ0n) is 14.2. The lowest BCUT2D eigenvalue weighted by Crippen LogP contribution is -2.52. The topological polar surface area (TPSA) is 56.2 Å². The third-order valence-electron chi connectivity index (χ3n) is 5.06. The van der Waals surface area contributed by atoms with Crippen LogP contribution in [0.4, 0.5) is 0 Å². The van der Waals surface area contributed by atoms with Crippen LogP contribution >= 0.6 is 0 Å². The highest BCUT2D eigenvalue weighted by molar-refractivity contribution is 5.37. The molecule has 1 saturated heterocycles. The highest BCUT2D eigenvalue weighted by Gasteiger charge is 2.58. The number of rotatable bonds is 5. The predicted molar refractivity (Wildman–Crippen MR) is 85.0 cm³/mol. The molecule has 1 aromatic rings. The Bertz CT molecular complexity index is 496. The average molecular weight is 308 g/mol. The summed E-state index contributed by atoms with van der Waals surface area (Å²) in [5.74, 6) is 0.701. The van der Waals surface area contributed by atoms with Gasteiger partial charge < -0.3 is 15.2 Å². The van der Waals surface area contributed by atoms with Crippen LogP contribution in [-0.2, 0) is 0 Å². The molecule has 124 valence electrons. The van der Waals surface area contributed by atoms with Gasteiger partial charge in [0.15, 0.2) is 0 Å². The van der Waals surface area contributed by atoms with Crippen molar-refractivity contribution in [3.8, 4) is 5.75 Å². The van der Waals surface area contributed by atoms with Gasteiger partial charge in [0.2, 0.25) is 0 Å². The molecule has 0 saturated carbocycles. The molecule has 2 rings (SSSR count). The number of para-hydroxylation sites is 1. The van der Waals surface area contributed by atoms with Crippen molar-refractivity contribution in [3.05, 3.63) is 29.8 Å². The molecule has 0 atom stereocenters. The smallest absolute Gasteiger partial charge is 0.140 e. The van der Waals surface area contributed by atoms with E-state index in [0.717, 1.165) is 18.4 Å². The first-order valence-corrected chi connectivity index (χ1v) is 7.93. The third kappa shape index (κ3) is 2.63. The number of hydrogen-bond donors (Lipinski definition) is 2. The first kappa shape index (κ1) is 17.2. The fraction of sp³-hybridized carbons (Fsp3) is 0.647. The zero-order chi connectivity index (χ0) is 16.5. The molecular weight excluding hydrogens is 280 g/mol. The van der Waals surface area contributed by atoms with Gasteiger partial charge in [0.05, 0.1) is 17.7 Å². The van der Waals surface area contributed by atoms with E-state index in [9.17, 15) is 10.4 Å². The molecule has 0 amide bonds. The summed E-state index contributed by atoms with van der Waals surface area (Å²) in [5, 5.41) is 23.7. The molecule has 0 unspecified atom stereocenters. The third-order valence-corrected chi connectivity index (χ3v) is 5.06. The van der Waals surface area contributed by atoms with Gasteiger partial charge in [-0.1, -0.05) is 31.5 Å². The van der Waals surface area contributed by atoms with Crippen molar-refractivity contribution in [1.29, 1.82) is 0 Å². The average Bonchev–Trinajstić information content (AvgIpc) is 2.59. The lowest BCUT2D eigenvalue weighted by Gasteiger charge is -2.37. The van der Waals surface area contributed by atoms with Crippen molar-refractivity contribution in [3.63, 3.8) is 0 Å². The number of ether oxygens (including phenoxy) is 1. The maximum Gasteiger partial charge on any atom is 0.140 e. The molecule has 1 aliphatic rings. The van der Waals surface area contributed by atoms with E-state index in [2.05, 4.69) is 6.92 Å². The van der Waals surface area contributed by atoms with Crippen LogP contribution in [0.5, 0.6) is 5.75 Å². The molecule has 0 aromatic heterocycles. The minimum Gasteiger partial charge on any atom is -0.493 e. The van der Waals surface area contributed by atoms with E-state index in [1.165, 1.54) is 10.1 Å². The van der Waals surface area contributed by atoms with Crippen molar-refractivity contribution in [2.24, 2.45) is 0 Å². The fourth-order valence-corrected chi connectivity index (χ4v) is 2.69. The van der Waals surface area contributed by atoms with E-state index in [1.54, 1.807) is 0 Å². The van der Waals surface area contributed by atoms with Gasteiger partial charge >= 0.3 is 0 Å². The van der Waals surface area contributed by atoms with E-state index < -0.39 is 17.2 Å². The van der Waals surface area contributed by atoms with Gasteiger partial charge in [0.25, 0.3) is 0 Å². The van der Waals surface area contributed by atoms with Crippen LogP contribution in [0.3, 0.4) is 0 Å². The van der Waals surface area contributed by atoms with Crippen molar-refractivity contribution < 1.29 is 15.2 Å². The first-order valence-electron chi connectivity index (χ1n) is 7.93. The van der Waals surface area contributed by atoms with E-state index in [-0.39, 0.29) is 0 Å². The van der Waals surface area contributed by atoms with Gasteiger partial charge in [0, 0.05) is 5.56 Å². The highest BCUT2D eigenvalue weighted by Crippen LogP contribution is 2.49. The summed E-state index contributed by atoms with van der Waals surface area (Å²) in [6.07, 6.45) is 1.38. The molecule has 5 nitrogen and oxygen atoms in total. The fourth-order valence-electron chi connectivity index (χ4n) is 2.69. The molecule has 0 bridgehead atoms. The quantitative estimate of drug-likeness (QED) is 0.810. The SMILES string of the molecule is CCCCOc1ccccc1C1N(O)C(C)(C)C(C)(C)N1O. The second-order valence-corrected chi connectivity index (χ2v) is 6.92. The summed E-state index contributed by atoms with van der Waals surface area (Å²) in [4.78, 5) is 0. The molecule has 1 fully saturated rings. The number of hydrogen-bond acceptors (Lipinski definition) is 5. The molecule has 0 aliphatic carbocycles. The van der Waals surface area contributed by atoms with Gasteiger partial charge in [0.1, 0.15) is 11.9 Å². The van der Waals surface area contributed by atoms with Crippen molar-refractivity contribution in [2.45, 2.75) is 64.7 Å². The summed E-state index contributed by atoms with van der Waals surface area (Å²) in [7, 11) is 0.